The molecular weight excluding hydrogens is 444 g/mol. The smallest absolute Gasteiger partial charge is 0.374 e. The van der Waals surface area contributed by atoms with Gasteiger partial charge in [-0.1, -0.05) is 6.08 Å². The lowest BCUT2D eigenvalue weighted by Crippen LogP contribution is -2.46. The summed E-state index contributed by atoms with van der Waals surface area (Å²) in [7, 11) is -3.01. The van der Waals surface area contributed by atoms with Crippen LogP contribution in [0.4, 0.5) is 17.6 Å². The number of aromatic nitrogens is 2. The number of imidazole rings is 1. The van der Waals surface area contributed by atoms with Crippen molar-refractivity contribution < 1.29 is 35.9 Å². The van der Waals surface area contributed by atoms with Crippen molar-refractivity contribution in [3.05, 3.63) is 60.5 Å². The molecule has 1 aromatic heterocycles. The van der Waals surface area contributed by atoms with Crippen molar-refractivity contribution >= 4 is 15.9 Å². The molecule has 0 saturated heterocycles. The van der Waals surface area contributed by atoms with Crippen LogP contribution in [0.2, 0.25) is 0 Å². The number of rotatable bonds is 9. The number of hydrogen-bond donors (Lipinski definition) is 3. The van der Waals surface area contributed by atoms with E-state index in [1.54, 1.807) is 0 Å². The molecule has 0 radical (unpaired) electrons. The minimum atomic E-state index is -5.08. The molecule has 0 aliphatic rings. The molecule has 0 aliphatic carbocycles. The van der Waals surface area contributed by atoms with Gasteiger partial charge in [-0.3, -0.25) is 4.79 Å². The zero-order chi connectivity index (χ0) is 23.4. The van der Waals surface area contributed by atoms with Crippen LogP contribution >= 0.6 is 0 Å². The molecule has 1 amide bonds. The van der Waals surface area contributed by atoms with Crippen molar-refractivity contribution in [3.8, 4) is 0 Å². The van der Waals surface area contributed by atoms with Gasteiger partial charge in [-0.05, 0) is 18.2 Å². The molecule has 0 aliphatic heterocycles. The quantitative estimate of drug-likeness (QED) is 0.385. The van der Waals surface area contributed by atoms with Crippen molar-refractivity contribution in [1.82, 2.24) is 19.6 Å². The van der Waals surface area contributed by atoms with E-state index in [1.165, 1.54) is 19.3 Å². The predicted molar refractivity (Wildman–Crippen MR) is 102 cm³/mol. The summed E-state index contributed by atoms with van der Waals surface area (Å²) in [6.07, 6.45) is -2.49. The number of aliphatic hydroxyl groups is 1. The second-order valence-electron chi connectivity index (χ2n) is 6.51. The average molecular weight is 464 g/mol. The van der Waals surface area contributed by atoms with Crippen molar-refractivity contribution in [3.63, 3.8) is 0 Å². The average Bonchev–Trinajstić information content (AvgIpc) is 3.12. The number of halogens is 4. The molecule has 0 saturated carbocycles. The summed E-state index contributed by atoms with van der Waals surface area (Å²) in [6, 6.07) is 2.48. The second kappa shape index (κ2) is 9.16. The minimum absolute atomic E-state index is 0.179. The molecule has 3 N–H and O–H groups in total. The van der Waals surface area contributed by atoms with Gasteiger partial charge in [0, 0.05) is 44.5 Å². The van der Waals surface area contributed by atoms with Crippen LogP contribution in [-0.4, -0.2) is 48.2 Å². The van der Waals surface area contributed by atoms with Gasteiger partial charge in [-0.25, -0.2) is 22.5 Å². The molecule has 8 nitrogen and oxygen atoms in total. The standard InChI is InChI=1S/C18H20F4N4O4S/c1-3-7-25-31(29,30)14-11-12(4-5-13(14)19)15(27)23-8-6-17(28,18(20,21)22)16-24-9-10-26(16)2/h3-5,9-11,25,28H,1,6-8H2,2H3,(H,23,27). The summed E-state index contributed by atoms with van der Waals surface area (Å²) in [5, 5.41) is 12.4. The van der Waals surface area contributed by atoms with Crippen molar-refractivity contribution in [1.29, 1.82) is 0 Å². The molecule has 0 fully saturated rings. The molecule has 13 heteroatoms. The summed E-state index contributed by atoms with van der Waals surface area (Å²) in [5.41, 5.74) is -3.63. The summed E-state index contributed by atoms with van der Waals surface area (Å²) in [6.45, 7) is 2.52. The van der Waals surface area contributed by atoms with Gasteiger partial charge in [0.15, 0.2) is 0 Å². The Morgan fingerprint density at radius 3 is 2.58 bits per heavy atom. The third-order valence-corrected chi connectivity index (χ3v) is 5.77. The van der Waals surface area contributed by atoms with E-state index in [0.29, 0.717) is 0 Å². The Bertz CT molecular complexity index is 1070. The van der Waals surface area contributed by atoms with Gasteiger partial charge in [-0.15, -0.1) is 6.58 Å². The highest BCUT2D eigenvalue weighted by molar-refractivity contribution is 7.89. The number of benzene rings is 1. The largest absolute Gasteiger partial charge is 0.424 e. The maximum Gasteiger partial charge on any atom is 0.424 e. The Hall–Kier alpha value is -2.77. The van der Waals surface area contributed by atoms with Crippen LogP contribution in [0.3, 0.4) is 0 Å². The molecule has 170 valence electrons. The van der Waals surface area contributed by atoms with Crippen LogP contribution in [0.1, 0.15) is 22.6 Å². The van der Waals surface area contributed by atoms with Gasteiger partial charge in [-0.2, -0.15) is 13.2 Å². The van der Waals surface area contributed by atoms with Crippen molar-refractivity contribution in [2.45, 2.75) is 23.1 Å². The van der Waals surface area contributed by atoms with Crippen LogP contribution in [0.25, 0.3) is 0 Å². The Morgan fingerprint density at radius 2 is 2.03 bits per heavy atom. The number of carbonyl (C=O) groups excluding carboxylic acids is 1. The molecule has 1 unspecified atom stereocenters. The number of amides is 1. The van der Waals surface area contributed by atoms with E-state index in [-0.39, 0.29) is 12.1 Å². The fraction of sp³-hybridized carbons (Fsp3) is 0.333. The van der Waals surface area contributed by atoms with E-state index < -0.39 is 57.2 Å². The van der Waals surface area contributed by atoms with Crippen LogP contribution in [0.15, 0.2) is 48.1 Å². The fourth-order valence-electron chi connectivity index (χ4n) is 2.70. The van der Waals surface area contributed by atoms with Crippen LogP contribution in [0.5, 0.6) is 0 Å². The minimum Gasteiger partial charge on any atom is -0.374 e. The number of nitrogens with one attached hydrogen (secondary N) is 2. The maximum absolute atomic E-state index is 13.9. The van der Waals surface area contributed by atoms with Crippen LogP contribution < -0.4 is 10.0 Å². The molecule has 1 atom stereocenters. The number of aryl methyl sites for hydroxylation is 1. The van der Waals surface area contributed by atoms with Gasteiger partial charge in [0.25, 0.3) is 5.91 Å². The SMILES string of the molecule is C=CCNS(=O)(=O)c1cc(C(=O)NCCC(O)(c2nccn2C)C(F)(F)F)ccc1F. The number of alkyl halides is 3. The highest BCUT2D eigenvalue weighted by atomic mass is 32.2. The number of hydrogen-bond acceptors (Lipinski definition) is 5. The third-order valence-electron chi connectivity index (χ3n) is 4.33. The third kappa shape index (κ3) is 5.29. The lowest BCUT2D eigenvalue weighted by atomic mass is 9.97. The Balaban J connectivity index is 2.18. The summed E-state index contributed by atoms with van der Waals surface area (Å²) in [4.78, 5) is 15.0. The van der Waals surface area contributed by atoms with E-state index in [4.69, 9.17) is 0 Å². The van der Waals surface area contributed by atoms with Gasteiger partial charge in [0.05, 0.1) is 0 Å². The Kier molecular flexibility index (Phi) is 7.24. The van der Waals surface area contributed by atoms with E-state index in [2.05, 4.69) is 16.9 Å². The first-order chi connectivity index (χ1) is 14.3. The zero-order valence-electron chi connectivity index (χ0n) is 16.3. The fourth-order valence-corrected chi connectivity index (χ4v) is 3.80. The first-order valence-electron chi connectivity index (χ1n) is 8.78. The van der Waals surface area contributed by atoms with Crippen molar-refractivity contribution in [2.75, 3.05) is 13.1 Å². The summed E-state index contributed by atoms with van der Waals surface area (Å²) in [5.74, 6) is -2.73. The normalized spacial score (nSPS) is 14.1. The molecule has 2 rings (SSSR count). The number of nitrogens with zero attached hydrogens (tertiary/aromatic N) is 2. The van der Waals surface area contributed by atoms with E-state index >= 15 is 0 Å². The van der Waals surface area contributed by atoms with Crippen LogP contribution in [0, 0.1) is 5.82 Å². The molecule has 1 heterocycles. The molecule has 0 bridgehead atoms. The number of sulfonamides is 1. The van der Waals surface area contributed by atoms with Gasteiger partial charge >= 0.3 is 6.18 Å². The molecule has 0 spiro atoms. The summed E-state index contributed by atoms with van der Waals surface area (Å²) < 4.78 is 81.7. The van der Waals surface area contributed by atoms with Crippen LogP contribution in [-0.2, 0) is 22.7 Å². The highest BCUT2D eigenvalue weighted by Crippen LogP contribution is 2.40. The van der Waals surface area contributed by atoms with E-state index in [9.17, 15) is 35.9 Å². The molecular formula is C18H20F4N4O4S. The van der Waals surface area contributed by atoms with Gasteiger partial charge in [0.1, 0.15) is 16.5 Å². The van der Waals surface area contributed by atoms with E-state index in [1.807, 2.05) is 4.72 Å². The summed E-state index contributed by atoms with van der Waals surface area (Å²) >= 11 is 0. The Labute approximate surface area is 175 Å². The number of carbonyl (C=O) groups is 1. The highest BCUT2D eigenvalue weighted by Gasteiger charge is 2.57. The first-order valence-corrected chi connectivity index (χ1v) is 10.3. The zero-order valence-corrected chi connectivity index (χ0v) is 17.1. The second-order valence-corrected chi connectivity index (χ2v) is 8.25. The van der Waals surface area contributed by atoms with Gasteiger partial charge < -0.3 is 15.0 Å². The van der Waals surface area contributed by atoms with Crippen molar-refractivity contribution in [2.24, 2.45) is 7.05 Å². The molecule has 1 aromatic carbocycles. The predicted octanol–water partition coefficient (Wildman–Crippen LogP) is 1.59. The van der Waals surface area contributed by atoms with Gasteiger partial charge in [0.2, 0.25) is 15.6 Å². The molecule has 2 aromatic rings. The Morgan fingerprint density at radius 1 is 1.35 bits per heavy atom. The lowest BCUT2D eigenvalue weighted by Gasteiger charge is -2.30. The monoisotopic (exact) mass is 464 g/mol. The maximum atomic E-state index is 13.9. The van der Waals surface area contributed by atoms with E-state index in [0.717, 1.165) is 29.0 Å². The lowest BCUT2D eigenvalue weighted by molar-refractivity contribution is -0.272. The molecule has 31 heavy (non-hydrogen) atoms. The first kappa shape index (κ1) is 24.5. The topological polar surface area (TPSA) is 113 Å².